The van der Waals surface area contributed by atoms with Crippen LogP contribution >= 0.6 is 0 Å². The summed E-state index contributed by atoms with van der Waals surface area (Å²) in [5.41, 5.74) is 0.876. The molecule has 2 fully saturated rings. The Kier molecular flexibility index (Phi) is 5.12. The van der Waals surface area contributed by atoms with Crippen molar-refractivity contribution in [2.75, 3.05) is 24.6 Å². The zero-order valence-electron chi connectivity index (χ0n) is 13.2. The molecule has 6 heteroatoms. The highest BCUT2D eigenvalue weighted by molar-refractivity contribution is 6.01. The average Bonchev–Trinajstić information content (AvgIpc) is 3.19. The van der Waals surface area contributed by atoms with Gasteiger partial charge >= 0.3 is 6.03 Å². The maximum atomic E-state index is 12.4. The molecular formula is C17H23N3O3. The highest BCUT2D eigenvalue weighted by Crippen LogP contribution is 2.21. The molecule has 0 radical (unpaired) electrons. The number of carbonyl (C=O) groups is 2. The number of nitrogens with zero attached hydrogens (tertiary/aromatic N) is 1. The molecule has 2 atom stereocenters. The Morgan fingerprint density at radius 1 is 1.26 bits per heavy atom. The second-order valence-electron chi connectivity index (χ2n) is 5.99. The van der Waals surface area contributed by atoms with Crippen LogP contribution in [0.2, 0.25) is 0 Å². The van der Waals surface area contributed by atoms with Gasteiger partial charge in [-0.2, -0.15) is 0 Å². The summed E-state index contributed by atoms with van der Waals surface area (Å²) in [6.45, 7) is 2.02. The maximum absolute atomic E-state index is 12.4. The van der Waals surface area contributed by atoms with Crippen molar-refractivity contribution in [3.63, 3.8) is 0 Å². The highest BCUT2D eigenvalue weighted by Gasteiger charge is 2.33. The lowest BCUT2D eigenvalue weighted by molar-refractivity contribution is -0.118. The number of para-hydroxylation sites is 1. The molecule has 1 aromatic carbocycles. The number of amides is 3. The summed E-state index contributed by atoms with van der Waals surface area (Å²) >= 11 is 0. The summed E-state index contributed by atoms with van der Waals surface area (Å²) < 4.78 is 5.52. The van der Waals surface area contributed by atoms with Crippen molar-refractivity contribution < 1.29 is 14.3 Å². The summed E-state index contributed by atoms with van der Waals surface area (Å²) in [6.07, 6.45) is 3.88. The molecule has 124 valence electrons. The van der Waals surface area contributed by atoms with Crippen LogP contribution in [0.25, 0.3) is 0 Å². The van der Waals surface area contributed by atoms with E-state index in [1.54, 1.807) is 4.90 Å². The lowest BCUT2D eigenvalue weighted by atomic mass is 10.2. The van der Waals surface area contributed by atoms with Crippen molar-refractivity contribution in [3.05, 3.63) is 30.3 Å². The Labute approximate surface area is 136 Å². The number of rotatable bonds is 5. The molecule has 6 nitrogen and oxygen atoms in total. The van der Waals surface area contributed by atoms with E-state index in [0.717, 1.165) is 31.6 Å². The first-order valence-corrected chi connectivity index (χ1v) is 8.26. The summed E-state index contributed by atoms with van der Waals surface area (Å²) in [4.78, 5) is 26.0. The summed E-state index contributed by atoms with van der Waals surface area (Å²) in [7, 11) is 0. The van der Waals surface area contributed by atoms with Gasteiger partial charge in [-0.1, -0.05) is 18.2 Å². The number of benzene rings is 1. The van der Waals surface area contributed by atoms with Gasteiger partial charge in [-0.25, -0.2) is 4.79 Å². The van der Waals surface area contributed by atoms with Gasteiger partial charge in [0.15, 0.2) is 0 Å². The Morgan fingerprint density at radius 2 is 2.09 bits per heavy atom. The minimum atomic E-state index is -0.446. The van der Waals surface area contributed by atoms with Crippen LogP contribution in [-0.4, -0.2) is 43.8 Å². The van der Waals surface area contributed by atoms with E-state index in [9.17, 15) is 9.59 Å². The molecule has 2 heterocycles. The Bertz CT molecular complexity index is 543. The Hall–Kier alpha value is -2.08. The second-order valence-corrected chi connectivity index (χ2v) is 5.99. The van der Waals surface area contributed by atoms with Gasteiger partial charge in [-0.3, -0.25) is 4.79 Å². The number of carbonyl (C=O) groups excluding carboxylic acids is 2. The van der Waals surface area contributed by atoms with Crippen molar-refractivity contribution in [2.24, 2.45) is 0 Å². The summed E-state index contributed by atoms with van der Waals surface area (Å²) in [5.74, 6) is -0.0505. The van der Waals surface area contributed by atoms with Gasteiger partial charge in [0.2, 0.25) is 5.91 Å². The van der Waals surface area contributed by atoms with Gasteiger partial charge in [0.25, 0.3) is 0 Å². The van der Waals surface area contributed by atoms with Crippen molar-refractivity contribution in [2.45, 2.75) is 37.8 Å². The van der Waals surface area contributed by atoms with E-state index in [0.29, 0.717) is 19.5 Å². The fourth-order valence-electron chi connectivity index (χ4n) is 3.11. The quantitative estimate of drug-likeness (QED) is 0.868. The molecule has 0 spiro atoms. The molecule has 23 heavy (non-hydrogen) atoms. The van der Waals surface area contributed by atoms with Crippen molar-refractivity contribution in [1.82, 2.24) is 10.6 Å². The lowest BCUT2D eigenvalue weighted by Gasteiger charge is -2.17. The molecule has 0 bridgehead atoms. The monoisotopic (exact) mass is 317 g/mol. The molecular weight excluding hydrogens is 294 g/mol. The summed E-state index contributed by atoms with van der Waals surface area (Å²) in [6, 6.07) is 8.81. The van der Waals surface area contributed by atoms with Gasteiger partial charge in [0.05, 0.1) is 6.10 Å². The van der Waals surface area contributed by atoms with Crippen LogP contribution in [0.15, 0.2) is 30.3 Å². The van der Waals surface area contributed by atoms with Crippen LogP contribution in [0.5, 0.6) is 0 Å². The molecule has 3 amide bonds. The molecule has 2 aliphatic rings. The summed E-state index contributed by atoms with van der Waals surface area (Å²) in [5, 5.41) is 5.58. The molecule has 1 aromatic rings. The van der Waals surface area contributed by atoms with Crippen LogP contribution in [0, 0.1) is 0 Å². The number of hydrogen-bond acceptors (Lipinski definition) is 3. The van der Waals surface area contributed by atoms with Crippen LogP contribution in [0.4, 0.5) is 10.5 Å². The molecule has 0 aliphatic carbocycles. The zero-order chi connectivity index (χ0) is 16.1. The first-order chi connectivity index (χ1) is 11.2. The van der Waals surface area contributed by atoms with Crippen molar-refractivity contribution in [3.8, 4) is 0 Å². The van der Waals surface area contributed by atoms with Gasteiger partial charge < -0.3 is 20.3 Å². The second kappa shape index (κ2) is 7.46. The minimum Gasteiger partial charge on any atom is -0.378 e. The van der Waals surface area contributed by atoms with E-state index in [1.165, 1.54) is 0 Å². The molecule has 0 unspecified atom stereocenters. The molecule has 2 aliphatic heterocycles. The fraction of sp³-hybridized carbons (Fsp3) is 0.529. The predicted molar refractivity (Wildman–Crippen MR) is 87.3 cm³/mol. The average molecular weight is 317 g/mol. The number of anilines is 1. The molecule has 0 aromatic heterocycles. The Morgan fingerprint density at radius 3 is 2.83 bits per heavy atom. The van der Waals surface area contributed by atoms with Gasteiger partial charge in [0, 0.05) is 25.4 Å². The fourth-order valence-corrected chi connectivity index (χ4v) is 3.11. The predicted octanol–water partition coefficient (Wildman–Crippen LogP) is 1.66. The van der Waals surface area contributed by atoms with Crippen molar-refractivity contribution >= 4 is 17.6 Å². The smallest absolute Gasteiger partial charge is 0.315 e. The number of ether oxygens (including phenoxy) is 1. The number of urea groups is 1. The first-order valence-electron chi connectivity index (χ1n) is 8.26. The van der Waals surface area contributed by atoms with Gasteiger partial charge in [-0.05, 0) is 37.8 Å². The normalized spacial score (nSPS) is 24.0. The van der Waals surface area contributed by atoms with E-state index >= 15 is 0 Å². The SMILES string of the molecule is O=C(NCC[C@@H]1CCCO1)N[C@H]1CCN(c2ccccc2)C1=O. The van der Waals surface area contributed by atoms with E-state index < -0.39 is 6.04 Å². The Balaban J connectivity index is 1.43. The minimum absolute atomic E-state index is 0.0505. The van der Waals surface area contributed by atoms with E-state index in [4.69, 9.17) is 4.74 Å². The van der Waals surface area contributed by atoms with E-state index in [-0.39, 0.29) is 18.0 Å². The largest absolute Gasteiger partial charge is 0.378 e. The van der Waals surface area contributed by atoms with E-state index in [1.807, 2.05) is 30.3 Å². The maximum Gasteiger partial charge on any atom is 0.315 e. The standard InChI is InChI=1S/C17H23N3O3/c21-16-15(9-11-20(16)13-5-2-1-3-6-13)19-17(22)18-10-8-14-7-4-12-23-14/h1-3,5-6,14-15H,4,7-12H2,(H2,18,19,22)/t14-,15-/m0/s1. The zero-order valence-corrected chi connectivity index (χ0v) is 13.2. The molecule has 2 saturated heterocycles. The highest BCUT2D eigenvalue weighted by atomic mass is 16.5. The van der Waals surface area contributed by atoms with Crippen LogP contribution < -0.4 is 15.5 Å². The van der Waals surface area contributed by atoms with Gasteiger partial charge in [-0.15, -0.1) is 0 Å². The molecule has 3 rings (SSSR count). The number of nitrogens with one attached hydrogen (secondary N) is 2. The van der Waals surface area contributed by atoms with Crippen LogP contribution in [-0.2, 0) is 9.53 Å². The lowest BCUT2D eigenvalue weighted by Crippen LogP contribution is -2.46. The molecule has 2 N–H and O–H groups in total. The molecule has 0 saturated carbocycles. The topological polar surface area (TPSA) is 70.7 Å². The third kappa shape index (κ3) is 4.01. The van der Waals surface area contributed by atoms with Gasteiger partial charge in [0.1, 0.15) is 6.04 Å². The van der Waals surface area contributed by atoms with Crippen LogP contribution in [0.1, 0.15) is 25.7 Å². The van der Waals surface area contributed by atoms with Crippen LogP contribution in [0.3, 0.4) is 0 Å². The van der Waals surface area contributed by atoms with E-state index in [2.05, 4.69) is 10.6 Å². The van der Waals surface area contributed by atoms with Crippen molar-refractivity contribution in [1.29, 1.82) is 0 Å². The first kappa shape index (κ1) is 15.8. The third-order valence-corrected chi connectivity index (χ3v) is 4.35. The third-order valence-electron chi connectivity index (χ3n) is 4.35. The number of hydrogen-bond donors (Lipinski definition) is 2.